The highest BCUT2D eigenvalue weighted by molar-refractivity contribution is 6.00. The fourth-order valence-corrected chi connectivity index (χ4v) is 2.82. The maximum Gasteiger partial charge on any atom is 0.224 e. The van der Waals surface area contributed by atoms with Crippen LogP contribution in [0.2, 0.25) is 0 Å². The molecule has 2 amide bonds. The fraction of sp³-hybridized carbons (Fsp3) is 0.348. The molecule has 0 fully saturated rings. The summed E-state index contributed by atoms with van der Waals surface area (Å²) >= 11 is 0. The Labute approximate surface area is 166 Å². The molecule has 2 aromatic carbocycles. The number of carbonyl (C=O) groups excluding carboxylic acids is 3. The zero-order valence-corrected chi connectivity index (χ0v) is 16.7. The molecule has 0 heterocycles. The molecule has 2 aromatic rings. The largest absolute Gasteiger partial charge is 0.326 e. The van der Waals surface area contributed by atoms with E-state index in [9.17, 15) is 14.4 Å². The number of rotatable bonds is 9. The quantitative estimate of drug-likeness (QED) is 0.612. The van der Waals surface area contributed by atoms with Crippen LogP contribution in [-0.4, -0.2) is 17.6 Å². The Morgan fingerprint density at radius 3 is 2.04 bits per heavy atom. The third-order valence-corrected chi connectivity index (χ3v) is 4.25. The lowest BCUT2D eigenvalue weighted by Crippen LogP contribution is -2.14. The molecule has 0 unspecified atom stereocenters. The van der Waals surface area contributed by atoms with Gasteiger partial charge in [0.2, 0.25) is 11.8 Å². The Kier molecular flexibility index (Phi) is 7.93. The van der Waals surface area contributed by atoms with Crippen molar-refractivity contribution in [2.75, 3.05) is 10.6 Å². The van der Waals surface area contributed by atoms with Crippen molar-refractivity contribution in [2.24, 2.45) is 5.92 Å². The van der Waals surface area contributed by atoms with Gasteiger partial charge in [-0.2, -0.15) is 0 Å². The van der Waals surface area contributed by atoms with Gasteiger partial charge in [0, 0.05) is 36.2 Å². The highest BCUT2D eigenvalue weighted by Crippen LogP contribution is 2.16. The van der Waals surface area contributed by atoms with Gasteiger partial charge in [-0.05, 0) is 36.1 Å². The number of anilines is 2. The number of hydrogen-bond donors (Lipinski definition) is 2. The van der Waals surface area contributed by atoms with E-state index in [1.54, 1.807) is 31.2 Å². The van der Waals surface area contributed by atoms with E-state index < -0.39 is 0 Å². The average Bonchev–Trinajstić information content (AvgIpc) is 2.66. The van der Waals surface area contributed by atoms with Gasteiger partial charge in [-0.15, -0.1) is 0 Å². The van der Waals surface area contributed by atoms with Gasteiger partial charge in [0.1, 0.15) is 0 Å². The number of amides is 2. The summed E-state index contributed by atoms with van der Waals surface area (Å²) in [6.07, 6.45) is 1.63. The van der Waals surface area contributed by atoms with Crippen molar-refractivity contribution >= 4 is 29.0 Å². The lowest BCUT2D eigenvalue weighted by Gasteiger charge is -2.09. The molecule has 148 valence electrons. The normalized spacial score (nSPS) is 10.6. The summed E-state index contributed by atoms with van der Waals surface area (Å²) in [4.78, 5) is 35.9. The highest BCUT2D eigenvalue weighted by Gasteiger charge is 2.10. The lowest BCUT2D eigenvalue weighted by atomic mass is 9.99. The summed E-state index contributed by atoms with van der Waals surface area (Å²) in [5.41, 5.74) is 3.05. The molecule has 5 heteroatoms. The minimum Gasteiger partial charge on any atom is -0.326 e. The van der Waals surface area contributed by atoms with Crippen molar-refractivity contribution in [3.8, 4) is 0 Å². The first-order valence-electron chi connectivity index (χ1n) is 9.69. The van der Waals surface area contributed by atoms with E-state index in [4.69, 9.17) is 0 Å². The molecule has 0 radical (unpaired) electrons. The molecule has 0 bridgehead atoms. The molecule has 5 nitrogen and oxygen atoms in total. The third-order valence-electron chi connectivity index (χ3n) is 4.25. The SMILES string of the molecule is CCC(=O)Nc1cccc(NC(=O)CCC(=O)c2ccc(CC(C)C)cc2)c1. The standard InChI is InChI=1S/C23H28N2O3/c1-4-22(27)24-19-6-5-7-20(15-19)25-23(28)13-12-21(26)18-10-8-17(9-11-18)14-16(2)3/h5-11,15-16H,4,12-14H2,1-3H3,(H,24,27)(H,25,28). The van der Waals surface area contributed by atoms with Gasteiger partial charge in [0.25, 0.3) is 0 Å². The van der Waals surface area contributed by atoms with Crippen LogP contribution in [0.4, 0.5) is 11.4 Å². The summed E-state index contributed by atoms with van der Waals surface area (Å²) in [6.45, 7) is 6.09. The highest BCUT2D eigenvalue weighted by atomic mass is 16.2. The van der Waals surface area contributed by atoms with Gasteiger partial charge in [-0.3, -0.25) is 14.4 Å². The van der Waals surface area contributed by atoms with E-state index in [-0.39, 0.29) is 30.4 Å². The number of benzene rings is 2. The molecule has 0 aliphatic carbocycles. The van der Waals surface area contributed by atoms with Crippen LogP contribution >= 0.6 is 0 Å². The average molecular weight is 380 g/mol. The molecule has 28 heavy (non-hydrogen) atoms. The van der Waals surface area contributed by atoms with Gasteiger partial charge in [-0.1, -0.05) is 51.1 Å². The minimum atomic E-state index is -0.233. The molecule has 0 aromatic heterocycles. The molecule has 2 rings (SSSR count). The first-order chi connectivity index (χ1) is 13.4. The monoisotopic (exact) mass is 380 g/mol. The molecule has 0 spiro atoms. The smallest absolute Gasteiger partial charge is 0.224 e. The topological polar surface area (TPSA) is 75.3 Å². The van der Waals surface area contributed by atoms with Gasteiger partial charge >= 0.3 is 0 Å². The Bertz CT molecular complexity index is 826. The number of carbonyl (C=O) groups is 3. The summed E-state index contributed by atoms with van der Waals surface area (Å²) in [7, 11) is 0. The number of Topliss-reactive ketones (excluding diaryl/α,β-unsaturated/α-hetero) is 1. The second kappa shape index (κ2) is 10.4. The van der Waals surface area contributed by atoms with Crippen molar-refractivity contribution in [2.45, 2.75) is 46.5 Å². The van der Waals surface area contributed by atoms with Crippen LogP contribution in [0.1, 0.15) is 56.0 Å². The van der Waals surface area contributed by atoms with Crippen LogP contribution in [0.5, 0.6) is 0 Å². The maximum absolute atomic E-state index is 12.3. The zero-order valence-electron chi connectivity index (χ0n) is 16.7. The number of ketones is 1. The molecule has 0 aliphatic rings. The molecule has 0 saturated heterocycles. The zero-order chi connectivity index (χ0) is 20.5. The number of hydrogen-bond acceptors (Lipinski definition) is 3. The first kappa shape index (κ1) is 21.4. The van der Waals surface area contributed by atoms with E-state index in [1.165, 1.54) is 5.56 Å². The maximum atomic E-state index is 12.3. The Morgan fingerprint density at radius 1 is 0.857 bits per heavy atom. The van der Waals surface area contributed by atoms with Crippen LogP contribution in [0, 0.1) is 5.92 Å². The Balaban J connectivity index is 1.85. The van der Waals surface area contributed by atoms with Crippen LogP contribution in [-0.2, 0) is 16.0 Å². The molecular formula is C23H28N2O3. The summed E-state index contributed by atoms with van der Waals surface area (Å²) in [5.74, 6) is 0.200. The van der Waals surface area contributed by atoms with Crippen molar-refractivity contribution in [1.29, 1.82) is 0 Å². The predicted octanol–water partition coefficient (Wildman–Crippen LogP) is 4.84. The molecule has 0 aliphatic heterocycles. The third kappa shape index (κ3) is 6.99. The van der Waals surface area contributed by atoms with E-state index in [0.717, 1.165) is 6.42 Å². The van der Waals surface area contributed by atoms with Gasteiger partial charge in [-0.25, -0.2) is 0 Å². The van der Waals surface area contributed by atoms with Crippen molar-refractivity contribution < 1.29 is 14.4 Å². The second-order valence-electron chi connectivity index (χ2n) is 7.25. The summed E-state index contributed by atoms with van der Waals surface area (Å²) in [5, 5.41) is 5.52. The molecular weight excluding hydrogens is 352 g/mol. The van der Waals surface area contributed by atoms with Gasteiger partial charge in [0.15, 0.2) is 5.78 Å². The van der Waals surface area contributed by atoms with E-state index in [2.05, 4.69) is 24.5 Å². The van der Waals surface area contributed by atoms with E-state index >= 15 is 0 Å². The molecule has 0 atom stereocenters. The first-order valence-corrected chi connectivity index (χ1v) is 9.69. The Morgan fingerprint density at radius 2 is 1.46 bits per heavy atom. The lowest BCUT2D eigenvalue weighted by molar-refractivity contribution is -0.116. The van der Waals surface area contributed by atoms with Crippen LogP contribution in [0.25, 0.3) is 0 Å². The minimum absolute atomic E-state index is 0.0461. The van der Waals surface area contributed by atoms with Crippen molar-refractivity contribution in [3.63, 3.8) is 0 Å². The van der Waals surface area contributed by atoms with E-state index in [0.29, 0.717) is 29.3 Å². The summed E-state index contributed by atoms with van der Waals surface area (Å²) < 4.78 is 0. The predicted molar refractivity (Wildman–Crippen MR) is 113 cm³/mol. The van der Waals surface area contributed by atoms with Gasteiger partial charge < -0.3 is 10.6 Å². The molecule has 2 N–H and O–H groups in total. The number of nitrogens with one attached hydrogen (secondary N) is 2. The Hall–Kier alpha value is -2.95. The van der Waals surface area contributed by atoms with Crippen LogP contribution in [0.15, 0.2) is 48.5 Å². The van der Waals surface area contributed by atoms with Crippen LogP contribution < -0.4 is 10.6 Å². The van der Waals surface area contributed by atoms with Crippen molar-refractivity contribution in [1.82, 2.24) is 0 Å². The van der Waals surface area contributed by atoms with Crippen LogP contribution in [0.3, 0.4) is 0 Å². The molecule has 0 saturated carbocycles. The van der Waals surface area contributed by atoms with Gasteiger partial charge in [0.05, 0.1) is 0 Å². The van der Waals surface area contributed by atoms with Crippen molar-refractivity contribution in [3.05, 3.63) is 59.7 Å². The fourth-order valence-electron chi connectivity index (χ4n) is 2.82. The van der Waals surface area contributed by atoms with E-state index in [1.807, 2.05) is 24.3 Å². The summed E-state index contributed by atoms with van der Waals surface area (Å²) in [6, 6.07) is 14.6. The second-order valence-corrected chi connectivity index (χ2v) is 7.25.